The number of aromatic carboxylic acids is 1. The van der Waals surface area contributed by atoms with E-state index in [4.69, 9.17) is 9.84 Å². The van der Waals surface area contributed by atoms with E-state index in [1.807, 2.05) is 0 Å². The Bertz CT molecular complexity index is 670. The van der Waals surface area contributed by atoms with E-state index in [0.29, 0.717) is 10.9 Å². The summed E-state index contributed by atoms with van der Waals surface area (Å²) in [5, 5.41) is 18.6. The van der Waals surface area contributed by atoms with Crippen LogP contribution in [0, 0.1) is 0 Å². The van der Waals surface area contributed by atoms with Gasteiger partial charge in [0.15, 0.2) is 5.82 Å². The summed E-state index contributed by atoms with van der Waals surface area (Å²) in [7, 11) is 0. The van der Waals surface area contributed by atoms with Crippen molar-refractivity contribution in [2.45, 2.75) is 26.4 Å². The third kappa shape index (κ3) is 2.87. The second-order valence-electron chi connectivity index (χ2n) is 5.23. The predicted molar refractivity (Wildman–Crippen MR) is 72.9 cm³/mol. The van der Waals surface area contributed by atoms with Gasteiger partial charge in [0.1, 0.15) is 5.60 Å². The van der Waals surface area contributed by atoms with Crippen LogP contribution in [0.3, 0.4) is 0 Å². The van der Waals surface area contributed by atoms with Crippen LogP contribution >= 0.6 is 0 Å². The van der Waals surface area contributed by atoms with Crippen LogP contribution in [0.5, 0.6) is 0 Å². The molecule has 0 saturated carbocycles. The van der Waals surface area contributed by atoms with E-state index >= 15 is 0 Å². The Morgan fingerprint density at radius 2 is 2.05 bits per heavy atom. The van der Waals surface area contributed by atoms with Gasteiger partial charge in [-0.15, -0.1) is 0 Å². The Balaban J connectivity index is 2.31. The van der Waals surface area contributed by atoms with E-state index in [9.17, 15) is 9.59 Å². The van der Waals surface area contributed by atoms with Crippen molar-refractivity contribution in [3.8, 4) is 0 Å². The molecule has 0 radical (unpaired) electrons. The molecule has 1 heterocycles. The first-order valence-corrected chi connectivity index (χ1v) is 5.98. The van der Waals surface area contributed by atoms with Crippen LogP contribution in [0.4, 0.5) is 10.6 Å². The molecule has 0 spiro atoms. The fourth-order valence-corrected chi connectivity index (χ4v) is 1.72. The Hall–Kier alpha value is -2.57. The third-order valence-corrected chi connectivity index (χ3v) is 2.45. The monoisotopic (exact) mass is 277 g/mol. The van der Waals surface area contributed by atoms with E-state index in [0.717, 1.165) is 0 Å². The molecule has 2 aromatic rings. The van der Waals surface area contributed by atoms with Gasteiger partial charge in [-0.05, 0) is 32.9 Å². The molecule has 3 N–H and O–H groups in total. The largest absolute Gasteiger partial charge is 0.478 e. The van der Waals surface area contributed by atoms with Crippen LogP contribution in [0.25, 0.3) is 10.9 Å². The van der Waals surface area contributed by atoms with Gasteiger partial charge in [-0.1, -0.05) is 6.07 Å². The number of carboxylic acid groups (broad SMARTS) is 1. The lowest BCUT2D eigenvalue weighted by atomic mass is 10.1. The SMILES string of the molecule is CC(C)(C)OC(=O)Nc1n[nH]c2c(C(=O)O)cccc12. The number of hydrogen-bond acceptors (Lipinski definition) is 4. The summed E-state index contributed by atoms with van der Waals surface area (Å²) in [5.41, 5.74) is -0.180. The number of H-pyrrole nitrogens is 1. The summed E-state index contributed by atoms with van der Waals surface area (Å²) in [6, 6.07) is 4.71. The molecule has 20 heavy (non-hydrogen) atoms. The number of carbonyl (C=O) groups excluding carboxylic acids is 1. The average molecular weight is 277 g/mol. The van der Waals surface area contributed by atoms with Crippen LogP contribution in [0.15, 0.2) is 18.2 Å². The summed E-state index contributed by atoms with van der Waals surface area (Å²) in [4.78, 5) is 22.8. The minimum absolute atomic E-state index is 0.0900. The number of aromatic amines is 1. The van der Waals surface area contributed by atoms with Crippen molar-refractivity contribution in [2.75, 3.05) is 5.32 Å². The minimum atomic E-state index is -1.07. The standard InChI is InChI=1S/C13H15N3O4/c1-13(2,3)20-12(19)14-10-7-5-4-6-8(11(17)18)9(7)15-16-10/h4-6H,1-3H3,(H,17,18)(H2,14,15,16,19). The zero-order chi connectivity index (χ0) is 14.9. The predicted octanol–water partition coefficient (Wildman–Crippen LogP) is 2.61. The van der Waals surface area contributed by atoms with E-state index in [1.54, 1.807) is 32.9 Å². The topological polar surface area (TPSA) is 104 Å². The first-order valence-electron chi connectivity index (χ1n) is 5.98. The molecule has 7 nitrogen and oxygen atoms in total. The summed E-state index contributed by atoms with van der Waals surface area (Å²) in [6.07, 6.45) is -0.647. The number of fused-ring (bicyclic) bond motifs is 1. The van der Waals surface area contributed by atoms with Crippen molar-refractivity contribution < 1.29 is 19.4 Å². The summed E-state index contributed by atoms with van der Waals surface area (Å²) >= 11 is 0. The number of benzene rings is 1. The first kappa shape index (κ1) is 13.9. The highest BCUT2D eigenvalue weighted by molar-refractivity contribution is 6.06. The van der Waals surface area contributed by atoms with Gasteiger partial charge in [0.25, 0.3) is 0 Å². The Kier molecular flexibility index (Phi) is 3.35. The zero-order valence-electron chi connectivity index (χ0n) is 11.4. The second-order valence-corrected chi connectivity index (χ2v) is 5.23. The average Bonchev–Trinajstić information content (AvgIpc) is 2.69. The molecule has 0 saturated heterocycles. The molecule has 0 atom stereocenters. The highest BCUT2D eigenvalue weighted by Gasteiger charge is 2.19. The molecule has 1 amide bonds. The van der Waals surface area contributed by atoms with Crippen LogP contribution in [0.1, 0.15) is 31.1 Å². The molecular weight excluding hydrogens is 262 g/mol. The number of aromatic nitrogens is 2. The lowest BCUT2D eigenvalue weighted by Crippen LogP contribution is -2.27. The number of nitrogens with one attached hydrogen (secondary N) is 2. The number of rotatable bonds is 2. The summed E-state index contributed by atoms with van der Waals surface area (Å²) < 4.78 is 5.12. The number of ether oxygens (including phenoxy) is 1. The van der Waals surface area contributed by atoms with Gasteiger partial charge >= 0.3 is 12.1 Å². The van der Waals surface area contributed by atoms with E-state index in [1.165, 1.54) is 6.07 Å². The lowest BCUT2D eigenvalue weighted by molar-refractivity contribution is 0.0633. The van der Waals surface area contributed by atoms with Gasteiger partial charge in [-0.25, -0.2) is 9.59 Å². The Labute approximate surface area is 114 Å². The van der Waals surface area contributed by atoms with Crippen molar-refractivity contribution in [3.05, 3.63) is 23.8 Å². The van der Waals surface area contributed by atoms with Gasteiger partial charge in [0, 0.05) is 5.39 Å². The molecule has 0 unspecified atom stereocenters. The maximum Gasteiger partial charge on any atom is 0.413 e. The molecule has 1 aromatic heterocycles. The minimum Gasteiger partial charge on any atom is -0.478 e. The fourth-order valence-electron chi connectivity index (χ4n) is 1.72. The number of para-hydroxylation sites is 1. The van der Waals surface area contributed by atoms with Gasteiger partial charge in [0.05, 0.1) is 11.1 Å². The van der Waals surface area contributed by atoms with Gasteiger partial charge in [-0.3, -0.25) is 10.4 Å². The van der Waals surface area contributed by atoms with Crippen molar-refractivity contribution in [1.29, 1.82) is 0 Å². The second kappa shape index (κ2) is 4.84. The maximum atomic E-state index is 11.7. The molecule has 0 aliphatic carbocycles. The summed E-state index contributed by atoms with van der Waals surface area (Å²) in [6.45, 7) is 5.24. The fraction of sp³-hybridized carbons (Fsp3) is 0.308. The van der Waals surface area contributed by atoms with Crippen LogP contribution in [0.2, 0.25) is 0 Å². The van der Waals surface area contributed by atoms with Gasteiger partial charge < -0.3 is 9.84 Å². The number of hydrogen-bond donors (Lipinski definition) is 3. The quantitative estimate of drug-likeness (QED) is 0.782. The van der Waals surface area contributed by atoms with E-state index in [-0.39, 0.29) is 11.4 Å². The van der Waals surface area contributed by atoms with Crippen molar-refractivity contribution >= 4 is 28.8 Å². The van der Waals surface area contributed by atoms with Crippen molar-refractivity contribution in [1.82, 2.24) is 10.2 Å². The molecule has 0 bridgehead atoms. The van der Waals surface area contributed by atoms with Crippen LogP contribution in [-0.2, 0) is 4.74 Å². The molecular formula is C13H15N3O4. The van der Waals surface area contributed by atoms with Crippen LogP contribution < -0.4 is 5.32 Å². The molecule has 7 heteroatoms. The van der Waals surface area contributed by atoms with Gasteiger partial charge in [0.2, 0.25) is 0 Å². The number of anilines is 1. The highest BCUT2D eigenvalue weighted by Crippen LogP contribution is 2.24. The molecule has 0 aliphatic heterocycles. The number of carboxylic acids is 1. The van der Waals surface area contributed by atoms with Crippen LogP contribution in [-0.4, -0.2) is 33.0 Å². The number of nitrogens with zero attached hydrogens (tertiary/aromatic N) is 1. The maximum absolute atomic E-state index is 11.7. The highest BCUT2D eigenvalue weighted by atomic mass is 16.6. The molecule has 106 valence electrons. The lowest BCUT2D eigenvalue weighted by Gasteiger charge is -2.19. The number of amides is 1. The van der Waals surface area contributed by atoms with E-state index in [2.05, 4.69) is 15.5 Å². The van der Waals surface area contributed by atoms with Gasteiger partial charge in [-0.2, -0.15) is 5.10 Å². The molecule has 0 fully saturated rings. The molecule has 0 aliphatic rings. The molecule has 2 rings (SSSR count). The first-order chi connectivity index (χ1) is 9.28. The smallest absolute Gasteiger partial charge is 0.413 e. The molecule has 1 aromatic carbocycles. The third-order valence-electron chi connectivity index (χ3n) is 2.45. The normalized spacial score (nSPS) is 11.3. The number of carbonyl (C=O) groups is 2. The van der Waals surface area contributed by atoms with Crippen molar-refractivity contribution in [2.24, 2.45) is 0 Å². The van der Waals surface area contributed by atoms with Crippen molar-refractivity contribution in [3.63, 3.8) is 0 Å². The van der Waals surface area contributed by atoms with E-state index < -0.39 is 17.7 Å². The summed E-state index contributed by atoms with van der Waals surface area (Å²) in [5.74, 6) is -0.833. The Morgan fingerprint density at radius 1 is 1.35 bits per heavy atom. The zero-order valence-corrected chi connectivity index (χ0v) is 11.4. The Morgan fingerprint density at radius 3 is 2.65 bits per heavy atom.